The van der Waals surface area contributed by atoms with Gasteiger partial charge in [-0.1, -0.05) is 44.9 Å². The Morgan fingerprint density at radius 3 is 2.32 bits per heavy atom. The van der Waals surface area contributed by atoms with E-state index in [1.807, 2.05) is 0 Å². The minimum Gasteiger partial charge on any atom is -0.481 e. The van der Waals surface area contributed by atoms with Crippen molar-refractivity contribution in [2.75, 3.05) is 0 Å². The number of carboxylic acids is 1. The average molecular weight is 286 g/mol. The summed E-state index contributed by atoms with van der Waals surface area (Å²) < 4.78 is 0. The largest absolute Gasteiger partial charge is 0.481 e. The molecule has 1 fully saturated rings. The summed E-state index contributed by atoms with van der Waals surface area (Å²) >= 11 is 1.47. The molecule has 0 saturated heterocycles. The zero-order valence-corrected chi connectivity index (χ0v) is 12.9. The Morgan fingerprint density at radius 2 is 1.79 bits per heavy atom. The molecule has 1 aliphatic carbocycles. The maximum Gasteiger partial charge on any atom is 0.303 e. The first-order valence-corrected chi connectivity index (χ1v) is 8.26. The van der Waals surface area contributed by atoms with Gasteiger partial charge in [-0.2, -0.15) is 0 Å². The van der Waals surface area contributed by atoms with E-state index in [4.69, 9.17) is 5.11 Å². The number of rotatable bonds is 7. The first-order valence-electron chi connectivity index (χ1n) is 7.38. The quantitative estimate of drug-likeness (QED) is 0.765. The Morgan fingerprint density at radius 1 is 1.16 bits per heavy atom. The summed E-state index contributed by atoms with van der Waals surface area (Å²) in [6, 6.07) is 0. The number of thioether (sulfide) groups is 1. The summed E-state index contributed by atoms with van der Waals surface area (Å²) in [5.74, 6) is -0.348. The monoisotopic (exact) mass is 286 g/mol. The third-order valence-corrected chi connectivity index (χ3v) is 4.81. The van der Waals surface area contributed by atoms with E-state index in [-0.39, 0.29) is 17.5 Å². The molecule has 1 atom stereocenters. The maximum atomic E-state index is 12.1. The first-order chi connectivity index (χ1) is 8.97. The minimum atomic E-state index is -0.791. The Balaban J connectivity index is 2.38. The molecule has 1 unspecified atom stereocenters. The van der Waals surface area contributed by atoms with E-state index in [0.717, 1.165) is 19.3 Å². The summed E-state index contributed by atoms with van der Waals surface area (Å²) in [6.07, 6.45) is 7.41. The number of aliphatic carboxylic acids is 1. The van der Waals surface area contributed by atoms with Crippen LogP contribution in [0.2, 0.25) is 0 Å². The van der Waals surface area contributed by atoms with Crippen LogP contribution in [0, 0.1) is 11.8 Å². The van der Waals surface area contributed by atoms with E-state index >= 15 is 0 Å². The highest BCUT2D eigenvalue weighted by molar-refractivity contribution is 8.14. The van der Waals surface area contributed by atoms with Gasteiger partial charge in [-0.15, -0.1) is 0 Å². The van der Waals surface area contributed by atoms with Crippen molar-refractivity contribution in [1.29, 1.82) is 0 Å². The van der Waals surface area contributed by atoms with Crippen LogP contribution in [-0.2, 0) is 9.59 Å². The predicted molar refractivity (Wildman–Crippen MR) is 79.3 cm³/mol. The van der Waals surface area contributed by atoms with Crippen molar-refractivity contribution in [3.63, 3.8) is 0 Å². The van der Waals surface area contributed by atoms with Gasteiger partial charge in [0.25, 0.3) is 0 Å². The average Bonchev–Trinajstić information content (AvgIpc) is 2.27. The zero-order chi connectivity index (χ0) is 14.3. The molecule has 1 rings (SSSR count). The van der Waals surface area contributed by atoms with Gasteiger partial charge in [-0.25, -0.2) is 0 Å². The Labute approximate surface area is 120 Å². The number of hydrogen-bond acceptors (Lipinski definition) is 3. The molecule has 1 aliphatic rings. The van der Waals surface area contributed by atoms with Gasteiger partial charge in [0.05, 0.1) is 0 Å². The summed E-state index contributed by atoms with van der Waals surface area (Å²) in [4.78, 5) is 22.9. The Kier molecular flexibility index (Phi) is 7.51. The lowest BCUT2D eigenvalue weighted by Crippen LogP contribution is -2.16. The Bertz CT molecular complexity index is 296. The molecule has 0 heterocycles. The van der Waals surface area contributed by atoms with Crippen molar-refractivity contribution in [3.8, 4) is 0 Å². The third-order valence-electron chi connectivity index (χ3n) is 3.57. The van der Waals surface area contributed by atoms with E-state index in [0.29, 0.717) is 17.6 Å². The molecule has 4 heteroatoms. The standard InChI is InChI=1S/C15H26O3S/c1-11(2)8-12(9-14(16)17)10-15(18)19-13-6-4-3-5-7-13/h11-13H,3-10H2,1-2H3,(H,16,17). The van der Waals surface area contributed by atoms with E-state index in [9.17, 15) is 9.59 Å². The normalized spacial score (nSPS) is 18.5. The van der Waals surface area contributed by atoms with Gasteiger partial charge in [0, 0.05) is 18.1 Å². The van der Waals surface area contributed by atoms with Crippen molar-refractivity contribution in [1.82, 2.24) is 0 Å². The lowest BCUT2D eigenvalue weighted by atomic mass is 9.92. The summed E-state index contributed by atoms with van der Waals surface area (Å²) in [7, 11) is 0. The molecule has 0 aromatic rings. The molecule has 3 nitrogen and oxygen atoms in total. The second-order valence-corrected chi connectivity index (χ2v) is 7.41. The zero-order valence-electron chi connectivity index (χ0n) is 12.1. The van der Waals surface area contributed by atoms with Gasteiger partial charge in [-0.05, 0) is 31.1 Å². The van der Waals surface area contributed by atoms with Crippen LogP contribution in [-0.4, -0.2) is 21.4 Å². The SMILES string of the molecule is CC(C)CC(CC(=O)O)CC(=O)SC1CCCCC1. The topological polar surface area (TPSA) is 54.4 Å². The van der Waals surface area contributed by atoms with Crippen molar-refractivity contribution in [3.05, 3.63) is 0 Å². The maximum absolute atomic E-state index is 12.1. The second-order valence-electron chi connectivity index (χ2n) is 6.05. The van der Waals surface area contributed by atoms with Gasteiger partial charge in [0.15, 0.2) is 5.12 Å². The molecule has 0 aromatic heterocycles. The molecule has 0 spiro atoms. The van der Waals surface area contributed by atoms with Crippen LogP contribution < -0.4 is 0 Å². The van der Waals surface area contributed by atoms with Crippen molar-refractivity contribution in [2.24, 2.45) is 11.8 Å². The highest BCUT2D eigenvalue weighted by atomic mass is 32.2. The third kappa shape index (κ3) is 7.61. The van der Waals surface area contributed by atoms with Gasteiger partial charge >= 0.3 is 5.97 Å². The summed E-state index contributed by atoms with van der Waals surface area (Å²) in [5.41, 5.74) is 0. The molecule has 0 aromatic carbocycles. The molecule has 0 radical (unpaired) electrons. The summed E-state index contributed by atoms with van der Waals surface area (Å²) in [6.45, 7) is 4.15. The van der Waals surface area contributed by atoms with Gasteiger partial charge < -0.3 is 5.11 Å². The van der Waals surface area contributed by atoms with Crippen LogP contribution >= 0.6 is 11.8 Å². The van der Waals surface area contributed by atoms with Gasteiger partial charge in [-0.3, -0.25) is 9.59 Å². The fraction of sp³-hybridized carbons (Fsp3) is 0.867. The molecule has 110 valence electrons. The number of carbonyl (C=O) groups excluding carboxylic acids is 1. The van der Waals surface area contributed by atoms with E-state index in [1.165, 1.54) is 31.0 Å². The molecule has 0 amide bonds. The molecule has 1 N–H and O–H groups in total. The molecule has 19 heavy (non-hydrogen) atoms. The highest BCUT2D eigenvalue weighted by Crippen LogP contribution is 2.31. The van der Waals surface area contributed by atoms with Crippen molar-refractivity contribution < 1.29 is 14.7 Å². The minimum absolute atomic E-state index is 0.00101. The van der Waals surface area contributed by atoms with E-state index in [1.54, 1.807) is 0 Å². The first kappa shape index (κ1) is 16.5. The van der Waals surface area contributed by atoms with Gasteiger partial charge in [0.2, 0.25) is 0 Å². The number of carbonyl (C=O) groups is 2. The summed E-state index contributed by atoms with van der Waals surface area (Å²) in [5, 5.41) is 9.58. The lowest BCUT2D eigenvalue weighted by Gasteiger charge is -2.21. The van der Waals surface area contributed by atoms with Crippen LogP contribution in [0.15, 0.2) is 0 Å². The lowest BCUT2D eigenvalue weighted by molar-refractivity contribution is -0.138. The van der Waals surface area contributed by atoms with E-state index < -0.39 is 5.97 Å². The molecule has 0 aliphatic heterocycles. The van der Waals surface area contributed by atoms with Crippen LogP contribution in [0.5, 0.6) is 0 Å². The number of carboxylic acid groups (broad SMARTS) is 1. The van der Waals surface area contributed by atoms with Gasteiger partial charge in [0.1, 0.15) is 0 Å². The number of hydrogen-bond donors (Lipinski definition) is 1. The van der Waals surface area contributed by atoms with E-state index in [2.05, 4.69) is 13.8 Å². The predicted octanol–water partition coefficient (Wildman–Crippen LogP) is 4.11. The molecule has 1 saturated carbocycles. The molecular weight excluding hydrogens is 260 g/mol. The van der Waals surface area contributed by atoms with Crippen LogP contribution in [0.4, 0.5) is 0 Å². The smallest absolute Gasteiger partial charge is 0.303 e. The molecular formula is C15H26O3S. The fourth-order valence-electron chi connectivity index (χ4n) is 2.81. The highest BCUT2D eigenvalue weighted by Gasteiger charge is 2.22. The van der Waals surface area contributed by atoms with Crippen LogP contribution in [0.1, 0.15) is 65.2 Å². The van der Waals surface area contributed by atoms with Crippen LogP contribution in [0.25, 0.3) is 0 Å². The van der Waals surface area contributed by atoms with Crippen molar-refractivity contribution in [2.45, 2.75) is 70.5 Å². The van der Waals surface area contributed by atoms with Crippen LogP contribution in [0.3, 0.4) is 0 Å². The van der Waals surface area contributed by atoms with Crippen molar-refractivity contribution >= 4 is 22.8 Å². The second kappa shape index (κ2) is 8.62. The Hall–Kier alpha value is -0.510. The fourth-order valence-corrected chi connectivity index (χ4v) is 4.08. The molecule has 0 bridgehead atoms.